The Morgan fingerprint density at radius 2 is 2.27 bits per heavy atom. The van der Waals surface area contributed by atoms with Crippen LogP contribution in [-0.4, -0.2) is 15.9 Å². The smallest absolute Gasteiger partial charge is 0.226 e. The van der Waals surface area contributed by atoms with E-state index in [1.54, 1.807) is 5.51 Å². The number of nitrogens with zero attached hydrogens (tertiary/aromatic N) is 1. The highest BCUT2D eigenvalue weighted by Gasteiger charge is 2.45. The highest BCUT2D eigenvalue weighted by Crippen LogP contribution is 2.45. The summed E-state index contributed by atoms with van der Waals surface area (Å²) in [6.45, 7) is 4.37. The molecule has 1 fully saturated rings. The molecule has 2 N–H and O–H groups in total. The highest BCUT2D eigenvalue weighted by atomic mass is 35.5. The van der Waals surface area contributed by atoms with E-state index in [0.29, 0.717) is 17.4 Å². The van der Waals surface area contributed by atoms with Crippen molar-refractivity contribution in [2.75, 3.05) is 0 Å². The maximum Gasteiger partial charge on any atom is 0.226 e. The predicted octanol–water partition coefficient (Wildman–Crippen LogP) is 4.83. The first-order chi connectivity index (χ1) is 12.4. The number of H-pyrrole nitrogens is 1. The lowest BCUT2D eigenvalue weighted by Crippen LogP contribution is -2.32. The van der Waals surface area contributed by atoms with Crippen LogP contribution in [0.3, 0.4) is 0 Å². The van der Waals surface area contributed by atoms with Gasteiger partial charge < -0.3 is 15.0 Å². The van der Waals surface area contributed by atoms with Gasteiger partial charge >= 0.3 is 0 Å². The van der Waals surface area contributed by atoms with E-state index >= 15 is 0 Å². The predicted molar refractivity (Wildman–Crippen MR) is 104 cm³/mol. The zero-order chi connectivity index (χ0) is 18.3. The van der Waals surface area contributed by atoms with Crippen LogP contribution in [0.1, 0.15) is 44.1 Å². The molecule has 1 unspecified atom stereocenters. The van der Waals surface area contributed by atoms with Crippen molar-refractivity contribution in [1.82, 2.24) is 15.3 Å². The number of nitrogens with one attached hydrogen (secondary N) is 2. The molecule has 0 saturated heterocycles. The summed E-state index contributed by atoms with van der Waals surface area (Å²) in [6.07, 6.45) is 1.93. The van der Waals surface area contributed by atoms with E-state index in [4.69, 9.17) is 16.3 Å². The third-order valence-electron chi connectivity index (χ3n) is 4.92. The van der Waals surface area contributed by atoms with Gasteiger partial charge in [0.2, 0.25) is 5.91 Å². The van der Waals surface area contributed by atoms with E-state index in [-0.39, 0.29) is 17.4 Å². The first-order valence-electron chi connectivity index (χ1n) is 8.58. The number of thiazole rings is 1. The second-order valence-corrected chi connectivity index (χ2v) is 8.24. The first-order valence-corrected chi connectivity index (χ1v) is 9.90. The summed E-state index contributed by atoms with van der Waals surface area (Å²) in [6, 6.07) is 5.70. The second kappa shape index (κ2) is 6.59. The molecule has 7 heteroatoms. The van der Waals surface area contributed by atoms with Crippen LogP contribution in [0.2, 0.25) is 5.02 Å². The molecule has 2 heterocycles. The second-order valence-electron chi connectivity index (χ2n) is 7.12. The van der Waals surface area contributed by atoms with Gasteiger partial charge in [-0.1, -0.05) is 18.5 Å². The molecule has 136 valence electrons. The van der Waals surface area contributed by atoms with Gasteiger partial charge in [-0.3, -0.25) is 4.79 Å². The van der Waals surface area contributed by atoms with Gasteiger partial charge in [0.15, 0.2) is 0 Å². The summed E-state index contributed by atoms with van der Waals surface area (Å²) in [5, 5.41) is 6.59. The van der Waals surface area contributed by atoms with Crippen molar-refractivity contribution in [2.24, 2.45) is 5.41 Å². The summed E-state index contributed by atoms with van der Waals surface area (Å²) < 4.78 is 5.80. The monoisotopic (exact) mass is 389 g/mol. The number of hydrogen-bond donors (Lipinski definition) is 2. The van der Waals surface area contributed by atoms with Crippen LogP contribution in [0, 0.1) is 5.41 Å². The van der Waals surface area contributed by atoms with Gasteiger partial charge in [0.25, 0.3) is 0 Å². The van der Waals surface area contributed by atoms with Crippen molar-refractivity contribution < 1.29 is 9.53 Å². The quantitative estimate of drug-likeness (QED) is 0.634. The number of carbonyl (C=O) groups excluding carboxylic acids is 1. The summed E-state index contributed by atoms with van der Waals surface area (Å²) in [5.74, 6) is 0.733. The van der Waals surface area contributed by atoms with Gasteiger partial charge in [-0.2, -0.15) is 0 Å². The Balaban J connectivity index is 1.51. The summed E-state index contributed by atoms with van der Waals surface area (Å²) in [5.41, 5.74) is 4.35. The SMILES string of the molecule is CC(NC(=O)C1(C)CC1)c1cc2cc(Cl)c(OCc3cscn3)cc2[nH]1. The lowest BCUT2D eigenvalue weighted by atomic mass is 10.1. The number of aromatic nitrogens is 2. The molecule has 0 spiro atoms. The Hall–Kier alpha value is -2.05. The zero-order valence-electron chi connectivity index (χ0n) is 14.6. The molecule has 0 aliphatic heterocycles. The van der Waals surface area contributed by atoms with E-state index in [2.05, 4.69) is 15.3 Å². The number of fused-ring (bicyclic) bond motifs is 1. The molecule has 1 aromatic carbocycles. The Morgan fingerprint density at radius 1 is 1.46 bits per heavy atom. The first kappa shape index (κ1) is 17.4. The molecule has 5 nitrogen and oxygen atoms in total. The number of rotatable bonds is 6. The highest BCUT2D eigenvalue weighted by molar-refractivity contribution is 7.07. The lowest BCUT2D eigenvalue weighted by molar-refractivity contribution is -0.126. The van der Waals surface area contributed by atoms with Crippen LogP contribution in [0.5, 0.6) is 5.75 Å². The normalized spacial score (nSPS) is 16.4. The van der Waals surface area contributed by atoms with Crippen molar-refractivity contribution in [3.63, 3.8) is 0 Å². The van der Waals surface area contributed by atoms with E-state index < -0.39 is 0 Å². The van der Waals surface area contributed by atoms with Gasteiger partial charge in [0.1, 0.15) is 12.4 Å². The van der Waals surface area contributed by atoms with Gasteiger partial charge in [-0.25, -0.2) is 4.98 Å². The fraction of sp³-hybridized carbons (Fsp3) is 0.368. The van der Waals surface area contributed by atoms with E-state index in [9.17, 15) is 4.79 Å². The molecule has 1 saturated carbocycles. The van der Waals surface area contributed by atoms with Crippen molar-refractivity contribution in [3.05, 3.63) is 45.5 Å². The van der Waals surface area contributed by atoms with Gasteiger partial charge in [0.05, 0.1) is 22.3 Å². The van der Waals surface area contributed by atoms with Gasteiger partial charge in [0, 0.05) is 33.5 Å². The average Bonchev–Trinajstić information content (AvgIpc) is 3.01. The Labute approximate surface area is 160 Å². The molecule has 1 aliphatic carbocycles. The van der Waals surface area contributed by atoms with Gasteiger partial charge in [-0.15, -0.1) is 11.3 Å². The zero-order valence-corrected chi connectivity index (χ0v) is 16.2. The van der Waals surface area contributed by atoms with Crippen LogP contribution in [0.25, 0.3) is 10.9 Å². The third-order valence-corrected chi connectivity index (χ3v) is 5.85. The van der Waals surface area contributed by atoms with E-state index in [0.717, 1.165) is 35.1 Å². The van der Waals surface area contributed by atoms with Crippen LogP contribution in [0.4, 0.5) is 0 Å². The number of hydrogen-bond acceptors (Lipinski definition) is 4. The number of halogens is 1. The number of amides is 1. The maximum absolute atomic E-state index is 12.3. The molecule has 0 radical (unpaired) electrons. The maximum atomic E-state index is 12.3. The number of benzene rings is 1. The van der Waals surface area contributed by atoms with Crippen LogP contribution >= 0.6 is 22.9 Å². The van der Waals surface area contributed by atoms with Crippen LogP contribution < -0.4 is 10.1 Å². The average molecular weight is 390 g/mol. The summed E-state index contributed by atoms with van der Waals surface area (Å²) in [4.78, 5) is 19.8. The topological polar surface area (TPSA) is 67.0 Å². The number of carbonyl (C=O) groups is 1. The molecule has 1 amide bonds. The standard InChI is InChI=1S/C19H20ClN3O2S/c1-11(22-18(24)19(2)3-4-19)15-6-12-5-14(20)17(7-16(12)23-15)25-8-13-9-26-10-21-13/h5-7,9-11,23H,3-4,8H2,1-2H3,(H,22,24). The lowest BCUT2D eigenvalue weighted by Gasteiger charge is -2.15. The fourth-order valence-electron chi connectivity index (χ4n) is 2.82. The summed E-state index contributed by atoms with van der Waals surface area (Å²) in [7, 11) is 0. The van der Waals surface area contributed by atoms with E-state index in [1.165, 1.54) is 11.3 Å². The molecular weight excluding hydrogens is 370 g/mol. The van der Waals surface area contributed by atoms with Crippen molar-refractivity contribution >= 4 is 39.7 Å². The largest absolute Gasteiger partial charge is 0.486 e. The minimum atomic E-state index is -0.180. The van der Waals surface area contributed by atoms with Crippen LogP contribution in [-0.2, 0) is 11.4 Å². The third kappa shape index (κ3) is 3.44. The Morgan fingerprint density at radius 3 is 2.96 bits per heavy atom. The van der Waals surface area contributed by atoms with E-state index in [1.807, 2.05) is 37.4 Å². The summed E-state index contributed by atoms with van der Waals surface area (Å²) >= 11 is 7.89. The molecule has 1 aliphatic rings. The molecule has 1 atom stereocenters. The van der Waals surface area contributed by atoms with Crippen molar-refractivity contribution in [1.29, 1.82) is 0 Å². The molecule has 3 aromatic rings. The number of aromatic amines is 1. The van der Waals surface area contributed by atoms with Gasteiger partial charge in [-0.05, 0) is 31.9 Å². The fourth-order valence-corrected chi connectivity index (χ4v) is 3.59. The Kier molecular flexibility index (Phi) is 4.40. The molecule has 2 aromatic heterocycles. The van der Waals surface area contributed by atoms with Crippen LogP contribution in [0.15, 0.2) is 29.1 Å². The van der Waals surface area contributed by atoms with Crippen molar-refractivity contribution in [3.8, 4) is 5.75 Å². The van der Waals surface area contributed by atoms with Crippen molar-refractivity contribution in [2.45, 2.75) is 39.3 Å². The molecule has 0 bridgehead atoms. The minimum Gasteiger partial charge on any atom is -0.486 e. The Bertz CT molecular complexity index is 947. The molecule has 4 rings (SSSR count). The number of ether oxygens (including phenoxy) is 1. The minimum absolute atomic E-state index is 0.0922. The molecular formula is C19H20ClN3O2S. The molecule has 26 heavy (non-hydrogen) atoms.